The molecule has 5 nitrogen and oxygen atoms in total. The average Bonchev–Trinajstić information content (AvgIpc) is 2.67. The number of hydrogen-bond donors (Lipinski definition) is 0. The third-order valence-electron chi connectivity index (χ3n) is 2.74. The molecule has 0 bridgehead atoms. The molecule has 0 saturated carbocycles. The first-order valence-electron chi connectivity index (χ1n) is 6.63. The normalized spacial score (nSPS) is 16.9. The van der Waals surface area contributed by atoms with E-state index < -0.39 is 18.0 Å². The highest BCUT2D eigenvalue weighted by Gasteiger charge is 2.28. The third-order valence-corrected chi connectivity index (χ3v) is 2.74. The summed E-state index contributed by atoms with van der Waals surface area (Å²) in [6.45, 7) is 7.80. The van der Waals surface area contributed by atoms with Gasteiger partial charge in [-0.25, -0.2) is 4.79 Å². The highest BCUT2D eigenvalue weighted by atomic mass is 16.7. The number of benzene rings is 1. The first-order valence-corrected chi connectivity index (χ1v) is 6.63. The van der Waals surface area contributed by atoms with Gasteiger partial charge >= 0.3 is 6.09 Å². The van der Waals surface area contributed by atoms with Crippen molar-refractivity contribution < 1.29 is 19.0 Å². The van der Waals surface area contributed by atoms with Gasteiger partial charge in [0.15, 0.2) is 11.5 Å². The van der Waals surface area contributed by atoms with Gasteiger partial charge in [-0.05, 0) is 45.4 Å². The highest BCUT2D eigenvalue weighted by molar-refractivity contribution is 5.67. The molecule has 0 radical (unpaired) electrons. The molecule has 20 heavy (non-hydrogen) atoms. The summed E-state index contributed by atoms with van der Waals surface area (Å²) in [7, 11) is 1.66. The van der Waals surface area contributed by atoms with E-state index in [9.17, 15) is 4.79 Å². The van der Waals surface area contributed by atoms with Gasteiger partial charge in [0.05, 0.1) is 6.54 Å². The Morgan fingerprint density at radius 2 is 1.95 bits per heavy atom. The smallest absolute Gasteiger partial charge is 0.410 e. The number of carbonyl (C=O) groups is 1. The van der Waals surface area contributed by atoms with E-state index in [0.29, 0.717) is 18.0 Å². The van der Waals surface area contributed by atoms with Gasteiger partial charge in [0, 0.05) is 7.05 Å². The van der Waals surface area contributed by atoms with Crippen molar-refractivity contribution in [1.82, 2.24) is 4.90 Å². The fourth-order valence-electron chi connectivity index (χ4n) is 1.82. The molecule has 1 atom stereocenters. The first kappa shape index (κ1) is 14.5. The third kappa shape index (κ3) is 3.56. The van der Waals surface area contributed by atoms with Crippen molar-refractivity contribution in [2.45, 2.75) is 39.6 Å². The van der Waals surface area contributed by atoms with Crippen molar-refractivity contribution in [2.24, 2.45) is 0 Å². The lowest BCUT2D eigenvalue weighted by atomic mass is 10.2. The zero-order valence-electron chi connectivity index (χ0n) is 12.6. The average molecular weight is 279 g/mol. The Kier molecular flexibility index (Phi) is 3.79. The van der Waals surface area contributed by atoms with Crippen LogP contribution in [0.4, 0.5) is 4.79 Å². The van der Waals surface area contributed by atoms with Gasteiger partial charge in [0.1, 0.15) is 5.60 Å². The van der Waals surface area contributed by atoms with Crippen LogP contribution in [0.15, 0.2) is 18.2 Å². The van der Waals surface area contributed by atoms with Crippen LogP contribution in [0.2, 0.25) is 0 Å². The molecular weight excluding hydrogens is 258 g/mol. The maximum atomic E-state index is 11.9. The summed E-state index contributed by atoms with van der Waals surface area (Å²) in [5, 5.41) is 0. The molecule has 0 spiro atoms. The number of rotatable bonds is 2. The van der Waals surface area contributed by atoms with E-state index in [4.69, 9.17) is 14.2 Å². The van der Waals surface area contributed by atoms with Crippen LogP contribution in [0.5, 0.6) is 11.5 Å². The van der Waals surface area contributed by atoms with Gasteiger partial charge < -0.3 is 19.1 Å². The molecule has 1 unspecified atom stereocenters. The highest BCUT2D eigenvalue weighted by Crippen LogP contribution is 2.35. The monoisotopic (exact) mass is 279 g/mol. The Morgan fingerprint density at radius 3 is 2.60 bits per heavy atom. The van der Waals surface area contributed by atoms with Gasteiger partial charge in [-0.15, -0.1) is 0 Å². The Bertz CT molecular complexity index is 507. The minimum Gasteiger partial charge on any atom is -0.449 e. The molecule has 1 aliphatic heterocycles. The molecule has 1 aromatic rings. The quantitative estimate of drug-likeness (QED) is 0.835. The molecule has 1 amide bonds. The molecule has 110 valence electrons. The molecule has 0 N–H and O–H groups in total. The van der Waals surface area contributed by atoms with Crippen LogP contribution in [0, 0.1) is 6.92 Å². The van der Waals surface area contributed by atoms with Crippen molar-refractivity contribution in [2.75, 3.05) is 13.6 Å². The van der Waals surface area contributed by atoms with Gasteiger partial charge in [-0.2, -0.15) is 0 Å². The first-order chi connectivity index (χ1) is 9.24. The van der Waals surface area contributed by atoms with E-state index in [1.807, 2.05) is 45.9 Å². The minimum absolute atomic E-state index is 0.308. The summed E-state index contributed by atoms with van der Waals surface area (Å²) >= 11 is 0. The molecule has 2 rings (SSSR count). The van der Waals surface area contributed by atoms with E-state index in [0.717, 1.165) is 5.56 Å². The summed E-state index contributed by atoms with van der Waals surface area (Å²) in [5.41, 5.74) is 0.594. The fourth-order valence-corrected chi connectivity index (χ4v) is 1.82. The fraction of sp³-hybridized carbons (Fsp3) is 0.533. The van der Waals surface area contributed by atoms with Crippen LogP contribution in [0.3, 0.4) is 0 Å². The van der Waals surface area contributed by atoms with Crippen molar-refractivity contribution in [1.29, 1.82) is 0 Å². The number of aryl methyl sites for hydroxylation is 1. The second kappa shape index (κ2) is 5.23. The second-order valence-corrected chi connectivity index (χ2v) is 5.98. The van der Waals surface area contributed by atoms with E-state index in [2.05, 4.69) is 0 Å². The van der Waals surface area contributed by atoms with Crippen molar-refractivity contribution in [3.63, 3.8) is 0 Å². The Hall–Kier alpha value is -1.91. The number of hydrogen-bond acceptors (Lipinski definition) is 4. The lowest BCUT2D eigenvalue weighted by molar-refractivity contribution is -0.00432. The molecule has 0 aromatic heterocycles. The number of amides is 1. The van der Waals surface area contributed by atoms with Crippen molar-refractivity contribution in [3.8, 4) is 11.5 Å². The predicted octanol–water partition coefficient (Wildman–Crippen LogP) is 2.96. The van der Waals surface area contributed by atoms with Crippen molar-refractivity contribution >= 4 is 6.09 Å². The summed E-state index contributed by atoms with van der Waals surface area (Å²) in [6, 6.07) is 5.75. The van der Waals surface area contributed by atoms with E-state index in [-0.39, 0.29) is 0 Å². The lowest BCUT2D eigenvalue weighted by Crippen LogP contribution is -2.41. The minimum atomic E-state index is -0.511. The van der Waals surface area contributed by atoms with Gasteiger partial charge in [0.25, 0.3) is 6.29 Å². The molecule has 1 aliphatic rings. The number of fused-ring (bicyclic) bond motifs is 1. The van der Waals surface area contributed by atoms with Crippen LogP contribution in [0.25, 0.3) is 0 Å². The molecule has 0 aliphatic carbocycles. The number of ether oxygens (including phenoxy) is 3. The molecule has 0 fully saturated rings. The van der Waals surface area contributed by atoms with E-state index >= 15 is 0 Å². The Morgan fingerprint density at radius 1 is 1.30 bits per heavy atom. The second-order valence-electron chi connectivity index (χ2n) is 5.98. The lowest BCUT2D eigenvalue weighted by Gasteiger charge is -2.25. The van der Waals surface area contributed by atoms with Crippen LogP contribution in [-0.2, 0) is 4.74 Å². The Labute approximate surface area is 119 Å². The number of nitrogens with zero attached hydrogens (tertiary/aromatic N) is 1. The largest absolute Gasteiger partial charge is 0.449 e. The molecular formula is C15H21NO4. The number of carbonyl (C=O) groups excluding carboxylic acids is 1. The number of likely N-dealkylation sites (N-methyl/N-ethyl adjacent to an activating group) is 1. The molecule has 5 heteroatoms. The summed E-state index contributed by atoms with van der Waals surface area (Å²) in [6.07, 6.45) is -0.888. The SMILES string of the molecule is Cc1ccc2c(c1)OC(CN(C)C(=O)OC(C)(C)C)O2. The zero-order valence-corrected chi connectivity index (χ0v) is 12.6. The van der Waals surface area contributed by atoms with Crippen molar-refractivity contribution in [3.05, 3.63) is 23.8 Å². The van der Waals surface area contributed by atoms with Crippen LogP contribution < -0.4 is 9.47 Å². The van der Waals surface area contributed by atoms with Crippen LogP contribution >= 0.6 is 0 Å². The zero-order chi connectivity index (χ0) is 14.9. The van der Waals surface area contributed by atoms with Gasteiger partial charge in [0.2, 0.25) is 0 Å². The summed E-state index contributed by atoms with van der Waals surface area (Å²) in [5.74, 6) is 1.42. The molecule has 1 heterocycles. The summed E-state index contributed by atoms with van der Waals surface area (Å²) < 4.78 is 16.6. The van der Waals surface area contributed by atoms with Gasteiger partial charge in [-0.1, -0.05) is 6.07 Å². The van der Waals surface area contributed by atoms with E-state index in [1.54, 1.807) is 7.05 Å². The topological polar surface area (TPSA) is 48.0 Å². The summed E-state index contributed by atoms with van der Waals surface area (Å²) in [4.78, 5) is 13.3. The Balaban J connectivity index is 1.91. The molecule has 1 aromatic carbocycles. The molecule has 0 saturated heterocycles. The van der Waals surface area contributed by atoms with Crippen LogP contribution in [0.1, 0.15) is 26.3 Å². The standard InChI is InChI=1S/C15H21NO4/c1-10-6-7-11-12(8-10)19-13(18-11)9-16(5)14(17)20-15(2,3)4/h6-8,13H,9H2,1-5H3. The van der Waals surface area contributed by atoms with Crippen LogP contribution in [-0.4, -0.2) is 36.5 Å². The van der Waals surface area contributed by atoms with E-state index in [1.165, 1.54) is 4.90 Å². The maximum Gasteiger partial charge on any atom is 0.410 e. The predicted molar refractivity (Wildman–Crippen MR) is 75.1 cm³/mol. The maximum absolute atomic E-state index is 11.9. The van der Waals surface area contributed by atoms with Gasteiger partial charge in [-0.3, -0.25) is 0 Å².